The number of hydrogen-bond acceptors (Lipinski definition) is 3. The van der Waals surface area contributed by atoms with Crippen LogP contribution in [0.3, 0.4) is 0 Å². The van der Waals surface area contributed by atoms with Gasteiger partial charge in [-0.15, -0.1) is 5.10 Å². The number of benzene rings is 1. The number of aromatic nitrogens is 3. The smallest absolute Gasteiger partial charge is 0.275 e. The molecule has 0 saturated heterocycles. The molecule has 1 aromatic heterocycles. The van der Waals surface area contributed by atoms with Gasteiger partial charge in [-0.3, -0.25) is 4.79 Å². The fourth-order valence-corrected chi connectivity index (χ4v) is 6.57. The molecule has 5 nitrogen and oxygen atoms in total. The second-order valence-electron chi connectivity index (χ2n) is 9.58. The molecule has 4 saturated carbocycles. The molecule has 4 fully saturated rings. The van der Waals surface area contributed by atoms with Crippen LogP contribution in [0.25, 0.3) is 0 Å². The Morgan fingerprint density at radius 1 is 1.14 bits per heavy atom. The van der Waals surface area contributed by atoms with Gasteiger partial charge in [0.05, 0.1) is 12.7 Å². The summed E-state index contributed by atoms with van der Waals surface area (Å²) in [5.41, 5.74) is 0.387. The Balaban J connectivity index is 1.28. The topological polar surface area (TPSA) is 51.0 Å². The Bertz CT molecular complexity index is 885. The Morgan fingerprint density at radius 2 is 1.72 bits per heavy atom. The van der Waals surface area contributed by atoms with Crippen molar-refractivity contribution in [1.82, 2.24) is 19.9 Å². The first-order valence-corrected chi connectivity index (χ1v) is 10.5. The van der Waals surface area contributed by atoms with E-state index in [4.69, 9.17) is 0 Å². The molecule has 1 amide bonds. The summed E-state index contributed by atoms with van der Waals surface area (Å²) in [6.45, 7) is 0.654. The maximum atomic E-state index is 13.9. The van der Waals surface area contributed by atoms with Crippen LogP contribution in [0.15, 0.2) is 24.4 Å². The van der Waals surface area contributed by atoms with Gasteiger partial charge >= 0.3 is 0 Å². The van der Waals surface area contributed by atoms with E-state index in [1.807, 2.05) is 7.05 Å². The quantitative estimate of drug-likeness (QED) is 0.765. The van der Waals surface area contributed by atoms with Gasteiger partial charge in [0, 0.05) is 19.2 Å². The molecule has 29 heavy (non-hydrogen) atoms. The van der Waals surface area contributed by atoms with Crippen LogP contribution in [0.5, 0.6) is 0 Å². The maximum Gasteiger partial charge on any atom is 0.275 e. The van der Waals surface area contributed by atoms with Crippen molar-refractivity contribution >= 4 is 5.91 Å². The minimum atomic E-state index is -0.632. The monoisotopic (exact) mass is 400 g/mol. The molecular formula is C22H26F2N4O. The van der Waals surface area contributed by atoms with Gasteiger partial charge in [-0.1, -0.05) is 11.3 Å². The summed E-state index contributed by atoms with van der Waals surface area (Å²) >= 11 is 0. The van der Waals surface area contributed by atoms with E-state index in [2.05, 4.69) is 10.3 Å². The standard InChI is InChI=1S/C22H26F2N4O/c1-27(13-22-8-14-5-15(9-22)7-16(6-14)10-22)21(29)20-12-28(26-25-20)11-17-18(23)3-2-4-19(17)24/h2-4,12,14-16H,5-11,13H2,1H3. The van der Waals surface area contributed by atoms with Crippen molar-refractivity contribution in [2.45, 2.75) is 45.1 Å². The number of nitrogens with zero attached hydrogens (tertiary/aromatic N) is 4. The Labute approximate surface area is 169 Å². The minimum absolute atomic E-state index is 0.0849. The Kier molecular flexibility index (Phi) is 4.44. The van der Waals surface area contributed by atoms with Crippen molar-refractivity contribution in [1.29, 1.82) is 0 Å². The number of carbonyl (C=O) groups is 1. The second kappa shape index (κ2) is 6.89. The van der Waals surface area contributed by atoms with Gasteiger partial charge in [0.2, 0.25) is 0 Å². The molecule has 7 heteroatoms. The van der Waals surface area contributed by atoms with E-state index >= 15 is 0 Å². The average molecular weight is 400 g/mol. The lowest BCUT2D eigenvalue weighted by atomic mass is 9.49. The van der Waals surface area contributed by atoms with Crippen LogP contribution in [-0.2, 0) is 6.54 Å². The van der Waals surface area contributed by atoms with Crippen molar-refractivity contribution < 1.29 is 13.6 Å². The zero-order valence-electron chi connectivity index (χ0n) is 16.7. The third-order valence-corrected chi connectivity index (χ3v) is 7.22. The number of hydrogen-bond donors (Lipinski definition) is 0. The van der Waals surface area contributed by atoms with E-state index in [1.165, 1.54) is 67.6 Å². The van der Waals surface area contributed by atoms with E-state index in [1.54, 1.807) is 4.90 Å². The summed E-state index contributed by atoms with van der Waals surface area (Å²) in [5.74, 6) is 1.06. The first-order valence-electron chi connectivity index (χ1n) is 10.5. The molecule has 4 aliphatic rings. The molecule has 0 spiro atoms. The number of rotatable bonds is 5. The Morgan fingerprint density at radius 3 is 2.31 bits per heavy atom. The number of halogens is 2. The molecule has 2 aromatic rings. The molecule has 0 atom stereocenters. The Hall–Kier alpha value is -2.31. The summed E-state index contributed by atoms with van der Waals surface area (Å²) in [5, 5.41) is 7.87. The predicted molar refractivity (Wildman–Crippen MR) is 103 cm³/mol. The van der Waals surface area contributed by atoms with Gasteiger partial charge in [-0.25, -0.2) is 13.5 Å². The second-order valence-corrected chi connectivity index (χ2v) is 9.58. The molecule has 4 aliphatic carbocycles. The SMILES string of the molecule is CN(CC12CC3CC(CC(C3)C1)C2)C(=O)c1cn(Cc2c(F)cccc2F)nn1. The minimum Gasteiger partial charge on any atom is -0.340 e. The molecule has 0 N–H and O–H groups in total. The highest BCUT2D eigenvalue weighted by atomic mass is 19.1. The number of amides is 1. The zero-order chi connectivity index (χ0) is 20.2. The van der Waals surface area contributed by atoms with E-state index in [9.17, 15) is 13.6 Å². The van der Waals surface area contributed by atoms with E-state index in [0.29, 0.717) is 0 Å². The lowest BCUT2D eigenvalue weighted by Crippen LogP contribution is -2.51. The first kappa shape index (κ1) is 18.7. The van der Waals surface area contributed by atoms with Crippen LogP contribution >= 0.6 is 0 Å². The molecule has 154 valence electrons. The number of carbonyl (C=O) groups excluding carboxylic acids is 1. The summed E-state index contributed by atoms with van der Waals surface area (Å²) in [6, 6.07) is 3.74. The highest BCUT2D eigenvalue weighted by molar-refractivity contribution is 5.91. The first-order chi connectivity index (χ1) is 13.9. The van der Waals surface area contributed by atoms with Crippen LogP contribution < -0.4 is 0 Å². The van der Waals surface area contributed by atoms with Gasteiger partial charge in [0.25, 0.3) is 5.91 Å². The van der Waals surface area contributed by atoms with Crippen molar-refractivity contribution in [3.05, 3.63) is 47.3 Å². The molecule has 4 bridgehead atoms. The van der Waals surface area contributed by atoms with Crippen molar-refractivity contribution in [3.8, 4) is 0 Å². The van der Waals surface area contributed by atoms with Crippen LogP contribution in [0.2, 0.25) is 0 Å². The molecule has 0 unspecified atom stereocenters. The van der Waals surface area contributed by atoms with E-state index < -0.39 is 11.6 Å². The van der Waals surface area contributed by atoms with Crippen LogP contribution in [0.1, 0.15) is 54.6 Å². The predicted octanol–water partition coefficient (Wildman–Crippen LogP) is 3.89. The van der Waals surface area contributed by atoms with Gasteiger partial charge in [-0.2, -0.15) is 0 Å². The maximum absolute atomic E-state index is 13.9. The summed E-state index contributed by atoms with van der Waals surface area (Å²) < 4.78 is 29.0. The van der Waals surface area contributed by atoms with E-state index in [0.717, 1.165) is 24.3 Å². The third kappa shape index (κ3) is 3.45. The fourth-order valence-electron chi connectivity index (χ4n) is 6.57. The van der Waals surface area contributed by atoms with Crippen LogP contribution in [0.4, 0.5) is 8.78 Å². The highest BCUT2D eigenvalue weighted by Gasteiger charge is 2.51. The van der Waals surface area contributed by atoms with Gasteiger partial charge in [-0.05, 0) is 73.8 Å². The molecule has 1 aromatic carbocycles. The molecule has 0 radical (unpaired) electrons. The molecule has 0 aliphatic heterocycles. The van der Waals surface area contributed by atoms with Crippen molar-refractivity contribution in [2.75, 3.05) is 13.6 Å². The normalized spacial score (nSPS) is 30.0. The fraction of sp³-hybridized carbons (Fsp3) is 0.591. The largest absolute Gasteiger partial charge is 0.340 e. The summed E-state index contributed by atoms with van der Waals surface area (Å²) in [7, 11) is 1.83. The highest BCUT2D eigenvalue weighted by Crippen LogP contribution is 2.60. The summed E-state index contributed by atoms with van der Waals surface area (Å²) in [4.78, 5) is 14.7. The lowest BCUT2D eigenvalue weighted by molar-refractivity contribution is -0.0629. The zero-order valence-corrected chi connectivity index (χ0v) is 16.7. The van der Waals surface area contributed by atoms with Gasteiger partial charge in [0.15, 0.2) is 5.69 Å². The molecule has 6 rings (SSSR count). The van der Waals surface area contributed by atoms with E-state index in [-0.39, 0.29) is 29.1 Å². The third-order valence-electron chi connectivity index (χ3n) is 7.22. The van der Waals surface area contributed by atoms with Gasteiger partial charge < -0.3 is 4.90 Å². The van der Waals surface area contributed by atoms with Crippen LogP contribution in [0, 0.1) is 34.8 Å². The molecular weight excluding hydrogens is 374 g/mol. The molecule has 1 heterocycles. The van der Waals surface area contributed by atoms with Crippen molar-refractivity contribution in [3.63, 3.8) is 0 Å². The van der Waals surface area contributed by atoms with Crippen LogP contribution in [-0.4, -0.2) is 39.4 Å². The average Bonchev–Trinajstić information content (AvgIpc) is 3.11. The van der Waals surface area contributed by atoms with Gasteiger partial charge in [0.1, 0.15) is 11.6 Å². The summed E-state index contributed by atoms with van der Waals surface area (Å²) in [6.07, 6.45) is 9.29. The lowest BCUT2D eigenvalue weighted by Gasteiger charge is -2.57. The van der Waals surface area contributed by atoms with Crippen molar-refractivity contribution in [2.24, 2.45) is 23.2 Å².